The molecule has 1 aromatic rings. The Kier molecular flexibility index (Phi) is 7.59. The third kappa shape index (κ3) is 6.67. The van der Waals surface area contributed by atoms with Gasteiger partial charge in [0.15, 0.2) is 5.82 Å². The number of rotatable bonds is 9. The van der Waals surface area contributed by atoms with E-state index in [9.17, 15) is 18.8 Å². The van der Waals surface area contributed by atoms with E-state index in [1.807, 2.05) is 9.24 Å². The number of morpholine rings is 1. The number of urea groups is 1. The molecule has 2 N–H and O–H groups in total. The summed E-state index contributed by atoms with van der Waals surface area (Å²) in [7, 11) is 2.01. The number of ketones is 1. The second-order valence-electron chi connectivity index (χ2n) is 8.15. The number of amides is 3. The first kappa shape index (κ1) is 23.5. The zero-order valence-electron chi connectivity index (χ0n) is 17.7. The van der Waals surface area contributed by atoms with Crippen LogP contribution in [-0.4, -0.2) is 76.6 Å². The van der Waals surface area contributed by atoms with Crippen LogP contribution in [-0.2, 0) is 9.53 Å². The maximum atomic E-state index is 14.3. The Morgan fingerprint density at radius 3 is 2.52 bits per heavy atom. The molecule has 1 saturated carbocycles. The van der Waals surface area contributed by atoms with Crippen LogP contribution in [0.2, 0.25) is 0 Å². The smallest absolute Gasteiger partial charge is 0.318 e. The van der Waals surface area contributed by atoms with Gasteiger partial charge in [-0.2, -0.15) is 4.98 Å². The van der Waals surface area contributed by atoms with Crippen molar-refractivity contribution in [1.29, 1.82) is 0 Å². The van der Waals surface area contributed by atoms with Gasteiger partial charge in [0.25, 0.3) is 5.89 Å². The van der Waals surface area contributed by atoms with E-state index in [4.69, 9.17) is 9.26 Å². The van der Waals surface area contributed by atoms with E-state index in [1.165, 1.54) is 11.8 Å². The maximum absolute atomic E-state index is 14.3. The highest BCUT2D eigenvalue weighted by Crippen LogP contribution is 2.38. The highest BCUT2D eigenvalue weighted by molar-refractivity contribution is 7.18. The van der Waals surface area contributed by atoms with E-state index in [0.29, 0.717) is 32.1 Å². The van der Waals surface area contributed by atoms with Gasteiger partial charge >= 0.3 is 6.03 Å². The van der Waals surface area contributed by atoms with Gasteiger partial charge in [-0.05, 0) is 26.2 Å². The summed E-state index contributed by atoms with van der Waals surface area (Å²) in [6, 6.07) is -2.59. The van der Waals surface area contributed by atoms with E-state index in [1.54, 1.807) is 6.92 Å². The molecule has 0 aromatic carbocycles. The van der Waals surface area contributed by atoms with Gasteiger partial charge in [0.2, 0.25) is 11.7 Å². The average Bonchev–Trinajstić information content (AvgIpc) is 3.47. The zero-order valence-corrected chi connectivity index (χ0v) is 18.9. The zero-order chi connectivity index (χ0) is 22.6. The number of nitrogens with zero attached hydrogens (tertiary/aromatic N) is 3. The van der Waals surface area contributed by atoms with Crippen LogP contribution in [0.5, 0.6) is 0 Å². The molecule has 2 fully saturated rings. The first-order valence-electron chi connectivity index (χ1n) is 10.5. The van der Waals surface area contributed by atoms with Crippen molar-refractivity contribution in [2.75, 3.05) is 26.3 Å². The first-order valence-corrected chi connectivity index (χ1v) is 11.0. The fourth-order valence-corrected chi connectivity index (χ4v) is 3.47. The first-order chi connectivity index (χ1) is 14.7. The molecule has 2 aliphatic rings. The number of alkyl halides is 1. The summed E-state index contributed by atoms with van der Waals surface area (Å²) in [6.45, 7) is 4.56. The van der Waals surface area contributed by atoms with E-state index >= 15 is 0 Å². The van der Waals surface area contributed by atoms with Crippen molar-refractivity contribution >= 4 is 27.0 Å². The van der Waals surface area contributed by atoms with Crippen LogP contribution in [0, 0.1) is 0 Å². The molecule has 0 bridgehead atoms. The van der Waals surface area contributed by atoms with Gasteiger partial charge in [-0.3, -0.25) is 9.59 Å². The lowest BCUT2D eigenvalue weighted by molar-refractivity contribution is -0.124. The molecule has 10 nitrogen and oxygen atoms in total. The molecule has 2 heterocycles. The van der Waals surface area contributed by atoms with Crippen molar-refractivity contribution < 1.29 is 28.0 Å². The highest BCUT2D eigenvalue weighted by Gasteiger charge is 2.35. The van der Waals surface area contributed by atoms with Crippen LogP contribution in [0.25, 0.3) is 0 Å². The van der Waals surface area contributed by atoms with Gasteiger partial charge in [-0.15, -0.1) is 0 Å². The highest BCUT2D eigenvalue weighted by atomic mass is 31.0. The number of carbonyl (C=O) groups is 3. The number of carbonyl (C=O) groups excluding carboxylic acids is 3. The third-order valence-electron chi connectivity index (χ3n) is 5.15. The summed E-state index contributed by atoms with van der Waals surface area (Å²) in [5.74, 6) is -0.609. The Labute approximate surface area is 182 Å². The number of hydrogen-bond donors (Lipinski definition) is 2. The SMILES string of the molecule is CC[C@H](NC(=O)C(CC(C)(F)P)NC(=O)N1CCOCC1)C(=O)c1nc(C2CC2)no1. The minimum atomic E-state index is -1.79. The van der Waals surface area contributed by atoms with Gasteiger partial charge in [0.05, 0.1) is 19.3 Å². The Bertz CT molecular complexity index is 804. The Hall–Kier alpha value is -2.13. The number of ether oxygens (including phenoxy) is 1. The Morgan fingerprint density at radius 1 is 1.26 bits per heavy atom. The topological polar surface area (TPSA) is 127 Å². The van der Waals surface area contributed by atoms with E-state index in [0.717, 1.165) is 12.8 Å². The molecule has 3 unspecified atom stereocenters. The van der Waals surface area contributed by atoms with E-state index in [-0.39, 0.29) is 24.7 Å². The summed E-state index contributed by atoms with van der Waals surface area (Å²) < 4.78 is 24.6. The molecule has 4 atom stereocenters. The van der Waals surface area contributed by atoms with Crippen molar-refractivity contribution in [3.05, 3.63) is 11.7 Å². The summed E-state index contributed by atoms with van der Waals surface area (Å²) >= 11 is 0. The van der Waals surface area contributed by atoms with Gasteiger partial charge in [-0.25, -0.2) is 9.18 Å². The molecular weight excluding hydrogens is 428 g/mol. The molecule has 1 aromatic heterocycles. The molecular formula is C19H29FN5O5P. The van der Waals surface area contributed by atoms with Crippen molar-refractivity contribution in [1.82, 2.24) is 25.7 Å². The Balaban J connectivity index is 1.66. The predicted molar refractivity (Wildman–Crippen MR) is 111 cm³/mol. The number of halogens is 1. The molecule has 1 saturated heterocycles. The van der Waals surface area contributed by atoms with E-state index in [2.05, 4.69) is 20.8 Å². The van der Waals surface area contributed by atoms with Gasteiger partial charge in [0.1, 0.15) is 11.5 Å². The normalized spacial score (nSPS) is 20.5. The van der Waals surface area contributed by atoms with Crippen LogP contribution >= 0.6 is 9.24 Å². The lowest BCUT2D eigenvalue weighted by atomic mass is 10.1. The van der Waals surface area contributed by atoms with Crippen LogP contribution in [0.15, 0.2) is 4.52 Å². The summed E-state index contributed by atoms with van der Waals surface area (Å²) in [5, 5.41) is 7.21. The van der Waals surface area contributed by atoms with Gasteiger partial charge in [0, 0.05) is 25.4 Å². The minimum absolute atomic E-state index is 0.163. The van der Waals surface area contributed by atoms with Gasteiger partial charge < -0.3 is 24.8 Å². The minimum Gasteiger partial charge on any atom is -0.378 e. The number of Topliss-reactive ketones (excluding diaryl/α,β-unsaturated/α-hetero) is 1. The molecule has 3 amide bonds. The largest absolute Gasteiger partial charge is 0.378 e. The molecule has 3 rings (SSSR count). The number of aromatic nitrogens is 2. The molecule has 1 aliphatic carbocycles. The van der Waals surface area contributed by atoms with E-state index < -0.39 is 35.2 Å². The van der Waals surface area contributed by atoms with Crippen LogP contribution in [0.3, 0.4) is 0 Å². The molecule has 0 radical (unpaired) electrons. The van der Waals surface area contributed by atoms with Crippen molar-refractivity contribution in [3.8, 4) is 0 Å². The standard InChI is InChI=1S/C19H29FN5O5P/c1-3-12(14(26)17-23-15(24-30-17)11-4-5-11)21-16(27)13(10-19(2,20)31)22-18(28)25-6-8-29-9-7-25/h11-13H,3-10,31H2,1-2H3,(H,21,27)(H,22,28)/t12-,13?,19?/m0/s1. The molecule has 31 heavy (non-hydrogen) atoms. The monoisotopic (exact) mass is 457 g/mol. The summed E-state index contributed by atoms with van der Waals surface area (Å²) in [6.07, 6.45) is 1.91. The van der Waals surface area contributed by atoms with Crippen molar-refractivity contribution in [3.63, 3.8) is 0 Å². The predicted octanol–water partition coefficient (Wildman–Crippen LogP) is 1.39. The number of hydrogen-bond acceptors (Lipinski definition) is 7. The summed E-state index contributed by atoms with van der Waals surface area (Å²) in [4.78, 5) is 43.8. The second kappa shape index (κ2) is 9.99. The quantitative estimate of drug-likeness (QED) is 0.424. The van der Waals surface area contributed by atoms with Crippen molar-refractivity contribution in [2.45, 2.75) is 62.9 Å². The molecule has 172 valence electrons. The van der Waals surface area contributed by atoms with Crippen LogP contribution < -0.4 is 10.6 Å². The third-order valence-corrected chi connectivity index (χ3v) is 5.39. The molecule has 1 aliphatic heterocycles. The number of nitrogens with one attached hydrogen (secondary N) is 2. The Morgan fingerprint density at radius 2 is 1.94 bits per heavy atom. The van der Waals surface area contributed by atoms with Crippen LogP contribution in [0.1, 0.15) is 62.0 Å². The maximum Gasteiger partial charge on any atom is 0.318 e. The fraction of sp³-hybridized carbons (Fsp3) is 0.737. The van der Waals surface area contributed by atoms with Crippen LogP contribution in [0.4, 0.5) is 9.18 Å². The lowest BCUT2D eigenvalue weighted by Crippen LogP contribution is -2.56. The average molecular weight is 457 g/mol. The van der Waals surface area contributed by atoms with Gasteiger partial charge in [-0.1, -0.05) is 21.3 Å². The van der Waals surface area contributed by atoms with Crippen molar-refractivity contribution in [2.24, 2.45) is 0 Å². The molecule has 0 spiro atoms. The summed E-state index contributed by atoms with van der Waals surface area (Å²) in [5.41, 5.74) is 0. The lowest BCUT2D eigenvalue weighted by Gasteiger charge is -2.30. The second-order valence-corrected chi connectivity index (χ2v) is 9.35. The fourth-order valence-electron chi connectivity index (χ4n) is 3.23. The molecule has 12 heteroatoms.